The Labute approximate surface area is 172 Å². The zero-order valence-electron chi connectivity index (χ0n) is 17.2. The van der Waals surface area contributed by atoms with Gasteiger partial charge in [-0.05, 0) is 53.8 Å². The molecule has 0 aliphatic heterocycles. The quantitative estimate of drug-likeness (QED) is 0.595. The van der Waals surface area contributed by atoms with Crippen molar-refractivity contribution in [2.24, 2.45) is 0 Å². The maximum Gasteiger partial charge on any atom is 0.255 e. The van der Waals surface area contributed by atoms with Gasteiger partial charge in [-0.3, -0.25) is 9.59 Å². The van der Waals surface area contributed by atoms with E-state index < -0.39 is 0 Å². The van der Waals surface area contributed by atoms with Crippen molar-refractivity contribution in [2.75, 3.05) is 10.6 Å². The van der Waals surface area contributed by atoms with E-state index in [4.69, 9.17) is 0 Å². The fourth-order valence-electron chi connectivity index (χ4n) is 3.04. The first-order valence-corrected chi connectivity index (χ1v) is 9.63. The molecule has 2 amide bonds. The van der Waals surface area contributed by atoms with Crippen LogP contribution in [0.25, 0.3) is 0 Å². The van der Waals surface area contributed by atoms with Crippen LogP contribution in [0.4, 0.5) is 11.4 Å². The fourth-order valence-corrected chi connectivity index (χ4v) is 3.04. The van der Waals surface area contributed by atoms with Gasteiger partial charge in [0.25, 0.3) is 11.8 Å². The smallest absolute Gasteiger partial charge is 0.255 e. The molecule has 3 rings (SSSR count). The second-order valence-corrected chi connectivity index (χ2v) is 8.11. The molecular weight excluding hydrogens is 360 g/mol. The predicted octanol–water partition coefficient (Wildman–Crippen LogP) is 5.80. The average molecular weight is 386 g/mol. The third kappa shape index (κ3) is 4.91. The zero-order valence-corrected chi connectivity index (χ0v) is 17.2. The summed E-state index contributed by atoms with van der Waals surface area (Å²) in [5, 5.41) is 5.96. The van der Waals surface area contributed by atoms with E-state index in [1.165, 1.54) is 0 Å². The largest absolute Gasteiger partial charge is 0.320 e. The van der Waals surface area contributed by atoms with Crippen molar-refractivity contribution in [3.05, 3.63) is 95.1 Å². The number of hydrogen-bond donors (Lipinski definition) is 2. The van der Waals surface area contributed by atoms with Crippen LogP contribution >= 0.6 is 0 Å². The summed E-state index contributed by atoms with van der Waals surface area (Å²) < 4.78 is 0. The van der Waals surface area contributed by atoms with Crippen LogP contribution in [0.5, 0.6) is 0 Å². The second kappa shape index (κ2) is 8.31. The van der Waals surface area contributed by atoms with Crippen LogP contribution in [0.3, 0.4) is 0 Å². The van der Waals surface area contributed by atoms with Crippen molar-refractivity contribution in [3.8, 4) is 0 Å². The summed E-state index contributed by atoms with van der Waals surface area (Å²) >= 11 is 0. The number of amides is 2. The number of hydrogen-bond acceptors (Lipinski definition) is 2. The lowest BCUT2D eigenvalue weighted by atomic mass is 9.85. The molecule has 3 aromatic carbocycles. The van der Waals surface area contributed by atoms with E-state index in [1.807, 2.05) is 49.4 Å². The molecule has 0 unspecified atom stereocenters. The number of nitrogens with one attached hydrogen (secondary N) is 2. The van der Waals surface area contributed by atoms with Crippen molar-refractivity contribution in [2.45, 2.75) is 33.1 Å². The number of benzene rings is 3. The molecule has 0 aliphatic carbocycles. The third-order valence-electron chi connectivity index (χ3n) is 4.76. The first-order chi connectivity index (χ1) is 13.8. The summed E-state index contributed by atoms with van der Waals surface area (Å²) in [7, 11) is 0. The van der Waals surface area contributed by atoms with Crippen molar-refractivity contribution in [3.63, 3.8) is 0 Å². The van der Waals surface area contributed by atoms with E-state index in [-0.39, 0.29) is 17.2 Å². The maximum absolute atomic E-state index is 12.8. The Morgan fingerprint density at radius 3 is 1.69 bits per heavy atom. The van der Waals surface area contributed by atoms with Crippen LogP contribution < -0.4 is 10.6 Å². The predicted molar refractivity (Wildman–Crippen MR) is 119 cm³/mol. The van der Waals surface area contributed by atoms with Gasteiger partial charge in [-0.25, -0.2) is 0 Å². The van der Waals surface area contributed by atoms with Crippen LogP contribution in [0.2, 0.25) is 0 Å². The summed E-state index contributed by atoms with van der Waals surface area (Å²) in [5.74, 6) is -0.432. The van der Waals surface area contributed by atoms with Crippen molar-refractivity contribution < 1.29 is 9.59 Å². The SMILES string of the molecule is Cc1cc(C(C)(C)C)cc(NC(=O)c2ccccc2)c1NC(=O)c1ccccc1. The average Bonchev–Trinajstić information content (AvgIpc) is 2.70. The summed E-state index contributed by atoms with van der Waals surface area (Å²) in [6, 6.07) is 22.1. The van der Waals surface area contributed by atoms with Gasteiger partial charge in [-0.2, -0.15) is 0 Å². The van der Waals surface area contributed by atoms with Gasteiger partial charge < -0.3 is 10.6 Å². The van der Waals surface area contributed by atoms with E-state index in [0.717, 1.165) is 11.1 Å². The lowest BCUT2D eigenvalue weighted by Crippen LogP contribution is -2.19. The van der Waals surface area contributed by atoms with E-state index in [1.54, 1.807) is 24.3 Å². The molecule has 0 heterocycles. The van der Waals surface area contributed by atoms with Gasteiger partial charge in [0, 0.05) is 11.1 Å². The number of aryl methyl sites for hydroxylation is 1. The third-order valence-corrected chi connectivity index (χ3v) is 4.76. The summed E-state index contributed by atoms with van der Waals surface area (Å²) in [6.45, 7) is 8.29. The Hall–Kier alpha value is -3.40. The number of carbonyl (C=O) groups is 2. The lowest BCUT2D eigenvalue weighted by molar-refractivity contribution is 0.101. The maximum atomic E-state index is 12.8. The molecule has 29 heavy (non-hydrogen) atoms. The Balaban J connectivity index is 2.00. The van der Waals surface area contributed by atoms with E-state index in [9.17, 15) is 9.59 Å². The normalized spacial score (nSPS) is 11.0. The topological polar surface area (TPSA) is 58.2 Å². The molecule has 3 aromatic rings. The standard InChI is InChI=1S/C25H26N2O2/c1-17-15-20(25(2,3)4)16-21(26-23(28)18-11-7-5-8-12-18)22(17)27-24(29)19-13-9-6-10-14-19/h5-16H,1-4H3,(H,26,28)(H,27,29). The van der Waals surface area contributed by atoms with Crippen LogP contribution in [-0.2, 0) is 5.41 Å². The van der Waals surface area contributed by atoms with Gasteiger partial charge in [0.1, 0.15) is 0 Å². The van der Waals surface area contributed by atoms with Gasteiger partial charge in [0.15, 0.2) is 0 Å². The Morgan fingerprint density at radius 2 is 1.21 bits per heavy atom. The molecule has 4 nitrogen and oxygen atoms in total. The first kappa shape index (κ1) is 20.3. The lowest BCUT2D eigenvalue weighted by Gasteiger charge is -2.24. The summed E-state index contributed by atoms with van der Waals surface area (Å²) in [5.41, 5.74) is 4.20. The van der Waals surface area contributed by atoms with E-state index >= 15 is 0 Å². The Bertz CT molecular complexity index is 1020. The minimum Gasteiger partial charge on any atom is -0.320 e. The fraction of sp³-hybridized carbons (Fsp3) is 0.200. The van der Waals surface area contributed by atoms with Gasteiger partial charge in [0.2, 0.25) is 0 Å². The summed E-state index contributed by atoms with van der Waals surface area (Å²) in [4.78, 5) is 25.5. The number of rotatable bonds is 4. The molecule has 0 aliphatic rings. The number of carbonyl (C=O) groups excluding carboxylic acids is 2. The highest BCUT2D eigenvalue weighted by atomic mass is 16.2. The molecule has 0 bridgehead atoms. The molecule has 0 spiro atoms. The highest BCUT2D eigenvalue weighted by Gasteiger charge is 2.20. The molecule has 0 saturated heterocycles. The van der Waals surface area contributed by atoms with Gasteiger partial charge in [-0.15, -0.1) is 0 Å². The van der Waals surface area contributed by atoms with Gasteiger partial charge >= 0.3 is 0 Å². The summed E-state index contributed by atoms with van der Waals surface area (Å²) in [6.07, 6.45) is 0. The second-order valence-electron chi connectivity index (χ2n) is 8.11. The molecular formula is C25H26N2O2. The zero-order chi connectivity index (χ0) is 21.0. The molecule has 4 heteroatoms. The molecule has 148 valence electrons. The van der Waals surface area contributed by atoms with Crippen LogP contribution in [0.1, 0.15) is 52.6 Å². The number of anilines is 2. The van der Waals surface area contributed by atoms with Gasteiger partial charge in [-0.1, -0.05) is 63.2 Å². The molecule has 0 atom stereocenters. The Morgan fingerprint density at radius 1 is 0.724 bits per heavy atom. The molecule has 0 saturated carbocycles. The minimum absolute atomic E-state index is 0.0983. The highest BCUT2D eigenvalue weighted by molar-refractivity contribution is 6.10. The van der Waals surface area contributed by atoms with Crippen molar-refractivity contribution >= 4 is 23.2 Å². The van der Waals surface area contributed by atoms with Crippen LogP contribution in [0.15, 0.2) is 72.8 Å². The molecule has 0 aromatic heterocycles. The van der Waals surface area contributed by atoms with Crippen LogP contribution in [0, 0.1) is 6.92 Å². The molecule has 0 fully saturated rings. The first-order valence-electron chi connectivity index (χ1n) is 9.63. The Kier molecular flexibility index (Phi) is 5.83. The minimum atomic E-state index is -0.216. The van der Waals surface area contributed by atoms with Gasteiger partial charge in [0.05, 0.1) is 11.4 Å². The van der Waals surface area contributed by atoms with Crippen molar-refractivity contribution in [1.29, 1.82) is 0 Å². The molecule has 0 radical (unpaired) electrons. The molecule has 2 N–H and O–H groups in total. The van der Waals surface area contributed by atoms with E-state index in [0.29, 0.717) is 22.5 Å². The van der Waals surface area contributed by atoms with E-state index in [2.05, 4.69) is 37.5 Å². The van der Waals surface area contributed by atoms with Crippen LogP contribution in [-0.4, -0.2) is 11.8 Å². The highest BCUT2D eigenvalue weighted by Crippen LogP contribution is 2.34. The monoisotopic (exact) mass is 386 g/mol. The van der Waals surface area contributed by atoms with Crippen molar-refractivity contribution in [1.82, 2.24) is 0 Å².